The van der Waals surface area contributed by atoms with Gasteiger partial charge in [0.25, 0.3) is 0 Å². The number of imidazole rings is 1. The summed E-state index contributed by atoms with van der Waals surface area (Å²) in [5.74, 6) is 1.01. The van der Waals surface area contributed by atoms with E-state index in [4.69, 9.17) is 5.73 Å². The summed E-state index contributed by atoms with van der Waals surface area (Å²) in [6, 6.07) is 8.03. The van der Waals surface area contributed by atoms with Crippen LogP contribution in [-0.4, -0.2) is 16.1 Å². The molecule has 1 heterocycles. The van der Waals surface area contributed by atoms with Crippen molar-refractivity contribution in [3.8, 4) is 0 Å². The highest BCUT2D eigenvalue weighted by Crippen LogP contribution is 2.15. The fourth-order valence-electron chi connectivity index (χ4n) is 2.03. The van der Waals surface area contributed by atoms with E-state index in [-0.39, 0.29) is 0 Å². The van der Waals surface area contributed by atoms with Crippen LogP contribution in [0.5, 0.6) is 0 Å². The van der Waals surface area contributed by atoms with E-state index in [2.05, 4.69) is 28.9 Å². The normalized spacial score (nSPS) is 10.6. The van der Waals surface area contributed by atoms with Crippen molar-refractivity contribution in [1.29, 1.82) is 0 Å². The van der Waals surface area contributed by atoms with Crippen molar-refractivity contribution >= 4 is 11.6 Å². The molecule has 4 nitrogen and oxygen atoms in total. The lowest BCUT2D eigenvalue weighted by molar-refractivity contribution is 0.715. The maximum Gasteiger partial charge on any atom is 0.205 e. The number of aryl methyl sites for hydroxylation is 1. The summed E-state index contributed by atoms with van der Waals surface area (Å²) in [6.07, 6.45) is 4.91. The summed E-state index contributed by atoms with van der Waals surface area (Å²) in [4.78, 5) is 6.70. The zero-order valence-corrected chi connectivity index (χ0v) is 11.0. The Hall–Kier alpha value is -1.97. The zero-order valence-electron chi connectivity index (χ0n) is 11.0. The number of aromatic nitrogens is 2. The van der Waals surface area contributed by atoms with Gasteiger partial charge in [0.05, 0.1) is 0 Å². The van der Waals surface area contributed by atoms with Crippen molar-refractivity contribution in [2.45, 2.75) is 19.9 Å². The number of nitrogens with two attached hydrogens (primary N) is 1. The lowest BCUT2D eigenvalue weighted by Crippen LogP contribution is -2.26. The highest BCUT2D eigenvalue weighted by molar-refractivity contribution is 5.41. The van der Waals surface area contributed by atoms with Crippen LogP contribution in [0.3, 0.4) is 0 Å². The van der Waals surface area contributed by atoms with Crippen LogP contribution in [0.4, 0.5) is 11.6 Å². The lowest BCUT2D eigenvalue weighted by Gasteiger charge is -2.23. The zero-order chi connectivity index (χ0) is 13.0. The van der Waals surface area contributed by atoms with Crippen LogP contribution >= 0.6 is 0 Å². The van der Waals surface area contributed by atoms with Gasteiger partial charge < -0.3 is 15.2 Å². The molecule has 0 amide bonds. The Morgan fingerprint density at radius 3 is 2.56 bits per heavy atom. The van der Waals surface area contributed by atoms with E-state index in [9.17, 15) is 0 Å². The van der Waals surface area contributed by atoms with Gasteiger partial charge in [-0.15, -0.1) is 0 Å². The predicted octanol–water partition coefficient (Wildman–Crippen LogP) is 2.42. The summed E-state index contributed by atoms with van der Waals surface area (Å²) in [6.45, 7) is 4.03. The topological polar surface area (TPSA) is 47.1 Å². The monoisotopic (exact) mass is 244 g/mol. The SMILES string of the molecule is CCCN(Cc1ccc(N)cc1)c1nccn1C. The molecule has 0 atom stereocenters. The maximum absolute atomic E-state index is 5.70. The van der Waals surface area contributed by atoms with Crippen molar-refractivity contribution in [3.63, 3.8) is 0 Å². The molecule has 2 N–H and O–H groups in total. The van der Waals surface area contributed by atoms with E-state index in [1.807, 2.05) is 36.1 Å². The van der Waals surface area contributed by atoms with E-state index < -0.39 is 0 Å². The molecule has 1 aromatic heterocycles. The number of anilines is 2. The first-order valence-corrected chi connectivity index (χ1v) is 6.27. The Bertz CT molecular complexity index is 487. The van der Waals surface area contributed by atoms with E-state index in [0.29, 0.717) is 0 Å². The van der Waals surface area contributed by atoms with Gasteiger partial charge in [-0.2, -0.15) is 0 Å². The molecule has 2 rings (SSSR count). The quantitative estimate of drug-likeness (QED) is 0.822. The number of rotatable bonds is 5. The molecule has 0 saturated carbocycles. The van der Waals surface area contributed by atoms with Gasteiger partial charge in [0.2, 0.25) is 5.95 Å². The minimum atomic E-state index is 0.804. The van der Waals surface area contributed by atoms with Crippen LogP contribution < -0.4 is 10.6 Å². The summed E-state index contributed by atoms with van der Waals surface area (Å²) in [7, 11) is 2.02. The molecule has 1 aromatic carbocycles. The third-order valence-corrected chi connectivity index (χ3v) is 2.93. The highest BCUT2D eigenvalue weighted by atomic mass is 15.3. The minimum Gasteiger partial charge on any atom is -0.399 e. The largest absolute Gasteiger partial charge is 0.399 e. The van der Waals surface area contributed by atoms with Gasteiger partial charge in [0, 0.05) is 38.2 Å². The Morgan fingerprint density at radius 1 is 1.28 bits per heavy atom. The van der Waals surface area contributed by atoms with Crippen molar-refractivity contribution < 1.29 is 0 Å². The van der Waals surface area contributed by atoms with Crippen LogP contribution in [0.1, 0.15) is 18.9 Å². The molecular weight excluding hydrogens is 224 g/mol. The number of benzene rings is 1. The average Bonchev–Trinajstić information content (AvgIpc) is 2.78. The van der Waals surface area contributed by atoms with Crippen LogP contribution in [0.2, 0.25) is 0 Å². The molecule has 4 heteroatoms. The smallest absolute Gasteiger partial charge is 0.205 e. The molecule has 2 aromatic rings. The Labute approximate surface area is 108 Å². The molecule has 18 heavy (non-hydrogen) atoms. The standard InChI is InChI=1S/C14H20N4/c1-3-9-18(14-16-8-10-17(14)2)11-12-4-6-13(15)7-5-12/h4-8,10H,3,9,11,15H2,1-2H3. The van der Waals surface area contributed by atoms with Gasteiger partial charge in [0.1, 0.15) is 0 Å². The van der Waals surface area contributed by atoms with Gasteiger partial charge >= 0.3 is 0 Å². The highest BCUT2D eigenvalue weighted by Gasteiger charge is 2.10. The molecule has 0 fully saturated rings. The van der Waals surface area contributed by atoms with E-state index in [1.165, 1.54) is 5.56 Å². The fraction of sp³-hybridized carbons (Fsp3) is 0.357. The number of nitrogen functional groups attached to an aromatic ring is 1. The molecule has 0 bridgehead atoms. The fourth-order valence-corrected chi connectivity index (χ4v) is 2.03. The summed E-state index contributed by atoms with van der Waals surface area (Å²) < 4.78 is 2.05. The molecular formula is C14H20N4. The molecule has 0 saturated heterocycles. The Balaban J connectivity index is 2.16. The first-order chi connectivity index (χ1) is 8.70. The molecule has 0 radical (unpaired) electrons. The Kier molecular flexibility index (Phi) is 3.87. The lowest BCUT2D eigenvalue weighted by atomic mass is 10.2. The molecule has 0 aliphatic heterocycles. The molecule has 96 valence electrons. The summed E-state index contributed by atoms with van der Waals surface area (Å²) >= 11 is 0. The van der Waals surface area contributed by atoms with Gasteiger partial charge in [-0.25, -0.2) is 4.98 Å². The number of hydrogen-bond acceptors (Lipinski definition) is 3. The number of nitrogens with zero attached hydrogens (tertiary/aromatic N) is 3. The third kappa shape index (κ3) is 2.83. The Morgan fingerprint density at radius 2 is 2.00 bits per heavy atom. The maximum atomic E-state index is 5.70. The second-order valence-corrected chi connectivity index (χ2v) is 4.50. The molecule has 0 spiro atoms. The first-order valence-electron chi connectivity index (χ1n) is 6.27. The van der Waals surface area contributed by atoms with Gasteiger partial charge in [-0.3, -0.25) is 0 Å². The van der Waals surface area contributed by atoms with Gasteiger partial charge in [-0.05, 0) is 24.1 Å². The van der Waals surface area contributed by atoms with Crippen molar-refractivity contribution in [2.24, 2.45) is 7.05 Å². The van der Waals surface area contributed by atoms with E-state index in [0.717, 1.165) is 31.1 Å². The van der Waals surface area contributed by atoms with Crippen molar-refractivity contribution in [2.75, 3.05) is 17.2 Å². The van der Waals surface area contributed by atoms with Crippen LogP contribution in [0, 0.1) is 0 Å². The second kappa shape index (κ2) is 5.58. The van der Waals surface area contributed by atoms with E-state index >= 15 is 0 Å². The van der Waals surface area contributed by atoms with Crippen LogP contribution in [0.25, 0.3) is 0 Å². The van der Waals surface area contributed by atoms with Crippen LogP contribution in [0.15, 0.2) is 36.7 Å². The van der Waals surface area contributed by atoms with Gasteiger partial charge in [0.15, 0.2) is 0 Å². The molecule has 0 aliphatic carbocycles. The predicted molar refractivity (Wildman–Crippen MR) is 75.4 cm³/mol. The minimum absolute atomic E-state index is 0.804. The van der Waals surface area contributed by atoms with Gasteiger partial charge in [-0.1, -0.05) is 19.1 Å². The van der Waals surface area contributed by atoms with Crippen molar-refractivity contribution in [1.82, 2.24) is 9.55 Å². The number of hydrogen-bond donors (Lipinski definition) is 1. The summed E-state index contributed by atoms with van der Waals surface area (Å²) in [5.41, 5.74) is 7.76. The van der Waals surface area contributed by atoms with Crippen molar-refractivity contribution in [3.05, 3.63) is 42.2 Å². The molecule has 0 unspecified atom stereocenters. The summed E-state index contributed by atoms with van der Waals surface area (Å²) in [5, 5.41) is 0. The average molecular weight is 244 g/mol. The molecule has 0 aliphatic rings. The van der Waals surface area contributed by atoms with E-state index in [1.54, 1.807) is 0 Å². The first kappa shape index (κ1) is 12.5. The second-order valence-electron chi connectivity index (χ2n) is 4.50. The van der Waals surface area contributed by atoms with Crippen LogP contribution in [-0.2, 0) is 13.6 Å². The third-order valence-electron chi connectivity index (χ3n) is 2.93.